The Bertz CT molecular complexity index is 1060. The van der Waals surface area contributed by atoms with E-state index >= 15 is 0 Å². The fraction of sp³-hybridized carbons (Fsp3) is 1.00. The third kappa shape index (κ3) is 8.49. The summed E-state index contributed by atoms with van der Waals surface area (Å²) in [7, 11) is 0. The van der Waals surface area contributed by atoms with Crippen LogP contribution in [0.1, 0.15) is 6.92 Å². The Morgan fingerprint density at radius 1 is 0.239 bits per heavy atom. The number of hydrogen-bond donors (Lipinski definition) is 0. The first-order valence-corrected chi connectivity index (χ1v) is 9.39. The fourth-order valence-corrected chi connectivity index (χ4v) is 1.77. The highest BCUT2D eigenvalue weighted by Gasteiger charge is 2.86. The van der Waals surface area contributed by atoms with Crippen LogP contribution in [0.5, 0.6) is 0 Å². The second kappa shape index (κ2) is 11.5. The maximum atomic E-state index is 13.3. The number of ether oxygens (including phenoxy) is 5. The van der Waals surface area contributed by atoms with E-state index in [4.69, 9.17) is 0 Å². The molecule has 46 heavy (non-hydrogen) atoms. The average molecular weight is 764 g/mol. The molecule has 0 aliphatic rings. The van der Waals surface area contributed by atoms with Gasteiger partial charge in [-0.25, -0.2) is 23.7 Å². The molecule has 0 aromatic heterocycles. The van der Waals surface area contributed by atoms with Gasteiger partial charge in [0.05, 0.1) is 0 Å². The van der Waals surface area contributed by atoms with E-state index in [2.05, 4.69) is 0 Å². The molecule has 5 nitrogen and oxygen atoms in total. The Balaban J connectivity index is 6.34. The molecule has 32 heteroatoms. The molecule has 0 aliphatic carbocycles. The summed E-state index contributed by atoms with van der Waals surface area (Å²) in [5, 5.41) is 0. The fourth-order valence-electron chi connectivity index (χ4n) is 1.77. The number of rotatable bonds is 16. The van der Waals surface area contributed by atoms with E-state index < -0.39 is 86.0 Å². The molecule has 0 unspecified atom stereocenters. The van der Waals surface area contributed by atoms with Crippen LogP contribution in [0.25, 0.3) is 0 Å². The predicted octanol–water partition coefficient (Wildman–Crippen LogP) is 8.85. The molecular formula is C14H3F27O5. The molecule has 0 aromatic carbocycles. The number of hydrogen-bond acceptors (Lipinski definition) is 5. The first-order valence-electron chi connectivity index (χ1n) is 9.39. The summed E-state index contributed by atoms with van der Waals surface area (Å²) >= 11 is 0. The zero-order valence-corrected chi connectivity index (χ0v) is 19.7. The summed E-state index contributed by atoms with van der Waals surface area (Å²) in [6.07, 6.45) is -85.6. The molecule has 0 heterocycles. The van der Waals surface area contributed by atoms with Crippen molar-refractivity contribution in [1.82, 2.24) is 0 Å². The molecule has 0 saturated heterocycles. The maximum Gasteiger partial charge on any atom is 0.460 e. The molecule has 0 bridgehead atoms. The highest BCUT2D eigenvalue weighted by atomic mass is 19.4. The molecule has 0 spiro atoms. The van der Waals surface area contributed by atoms with Crippen LogP contribution in [0.4, 0.5) is 119 Å². The minimum absolute atomic E-state index is 0.857. The Kier molecular flexibility index (Phi) is 11.0. The van der Waals surface area contributed by atoms with E-state index in [1.54, 1.807) is 0 Å². The quantitative estimate of drug-likeness (QED) is 0.147. The van der Waals surface area contributed by atoms with E-state index in [1.165, 1.54) is 4.74 Å². The molecule has 0 fully saturated rings. The van der Waals surface area contributed by atoms with Gasteiger partial charge in [-0.05, 0) is 0 Å². The zero-order chi connectivity index (χ0) is 38.0. The van der Waals surface area contributed by atoms with Crippen LogP contribution >= 0.6 is 0 Å². The van der Waals surface area contributed by atoms with Gasteiger partial charge in [-0.2, -0.15) is 119 Å². The standard InChI is InChI=1S/C14H3F27O5/c1-2(15,16)42-7(26,27)8(28,29)44-11(34,35)12(36,37)46-14(40,41)13(38,39)45-10(32,33)9(30,31)43-6(24,25)4(19,20)3(17,18)5(21,22)23/h1H3. The van der Waals surface area contributed by atoms with E-state index in [-0.39, 0.29) is 0 Å². The summed E-state index contributed by atoms with van der Waals surface area (Å²) < 4.78 is 355. The lowest BCUT2D eigenvalue weighted by atomic mass is 10.1. The third-order valence-corrected chi connectivity index (χ3v) is 3.80. The van der Waals surface area contributed by atoms with Crippen LogP contribution in [0.2, 0.25) is 0 Å². The van der Waals surface area contributed by atoms with E-state index in [1.807, 2.05) is 4.74 Å². The van der Waals surface area contributed by atoms with Crippen LogP contribution in [-0.2, 0) is 23.7 Å². The summed E-state index contributed by atoms with van der Waals surface area (Å²) in [6.45, 7) is -0.857. The van der Waals surface area contributed by atoms with Gasteiger partial charge >= 0.3 is 79.1 Å². The average Bonchev–Trinajstić information content (AvgIpc) is 2.67. The van der Waals surface area contributed by atoms with Crippen molar-refractivity contribution in [3.8, 4) is 0 Å². The maximum absolute atomic E-state index is 13.3. The minimum Gasteiger partial charge on any atom is -0.248 e. The van der Waals surface area contributed by atoms with Gasteiger partial charge in [0.25, 0.3) is 0 Å². The Hall–Kier alpha value is -2.09. The van der Waals surface area contributed by atoms with Crippen molar-refractivity contribution in [1.29, 1.82) is 0 Å². The summed E-state index contributed by atoms with van der Waals surface area (Å²) in [4.78, 5) is 0. The predicted molar refractivity (Wildman–Crippen MR) is 76.5 cm³/mol. The van der Waals surface area contributed by atoms with E-state index in [9.17, 15) is 119 Å². The normalized spacial score (nSPS) is 16.7. The number of alkyl halides is 27. The van der Waals surface area contributed by atoms with Gasteiger partial charge in [0.2, 0.25) is 0 Å². The van der Waals surface area contributed by atoms with Crippen molar-refractivity contribution >= 4 is 0 Å². The first-order chi connectivity index (χ1) is 19.3. The van der Waals surface area contributed by atoms with Gasteiger partial charge in [0, 0.05) is 6.92 Å². The SMILES string of the molecule is CC(F)(F)OC(F)(F)C(F)(F)OC(F)(F)C(F)(F)OC(F)(F)C(F)(F)OC(F)(F)C(F)(F)OC(F)(F)C(F)(F)C(F)(F)C(F)(F)F. The lowest BCUT2D eigenvalue weighted by Crippen LogP contribution is -2.65. The highest BCUT2D eigenvalue weighted by Crippen LogP contribution is 2.57. The monoisotopic (exact) mass is 764 g/mol. The molecule has 0 rings (SSSR count). The summed E-state index contributed by atoms with van der Waals surface area (Å²) in [6, 6.07) is 0. The van der Waals surface area contributed by atoms with Crippen LogP contribution in [0.15, 0.2) is 0 Å². The van der Waals surface area contributed by atoms with Gasteiger partial charge in [-0.3, -0.25) is 0 Å². The summed E-state index contributed by atoms with van der Waals surface area (Å²) in [5.41, 5.74) is 0. The van der Waals surface area contributed by atoms with Crippen molar-refractivity contribution in [2.45, 2.75) is 86.0 Å². The van der Waals surface area contributed by atoms with Crippen LogP contribution < -0.4 is 0 Å². The van der Waals surface area contributed by atoms with Crippen molar-refractivity contribution < 1.29 is 142 Å². The Morgan fingerprint density at radius 3 is 0.587 bits per heavy atom. The molecule has 0 aromatic rings. The van der Waals surface area contributed by atoms with Crippen molar-refractivity contribution in [2.75, 3.05) is 0 Å². The second-order valence-corrected chi connectivity index (χ2v) is 7.62. The van der Waals surface area contributed by atoms with E-state index in [0.29, 0.717) is 0 Å². The van der Waals surface area contributed by atoms with Crippen molar-refractivity contribution in [3.63, 3.8) is 0 Å². The Morgan fingerprint density at radius 2 is 0.413 bits per heavy atom. The van der Waals surface area contributed by atoms with Crippen LogP contribution in [0.3, 0.4) is 0 Å². The molecule has 0 N–H and O–H groups in total. The van der Waals surface area contributed by atoms with Gasteiger partial charge < -0.3 is 0 Å². The number of halogens is 27. The molecule has 0 radical (unpaired) electrons. The van der Waals surface area contributed by atoms with Gasteiger partial charge in [-0.15, -0.1) is 0 Å². The van der Waals surface area contributed by atoms with Gasteiger partial charge in [0.15, 0.2) is 0 Å². The molecule has 0 amide bonds. The van der Waals surface area contributed by atoms with Gasteiger partial charge in [-0.1, -0.05) is 0 Å². The molecule has 0 saturated carbocycles. The first kappa shape index (κ1) is 43.9. The molecular weight excluding hydrogens is 761 g/mol. The van der Waals surface area contributed by atoms with Crippen molar-refractivity contribution in [2.24, 2.45) is 0 Å². The minimum atomic E-state index is -8.43. The van der Waals surface area contributed by atoms with Crippen LogP contribution in [0, 0.1) is 0 Å². The molecule has 0 aliphatic heterocycles. The zero-order valence-electron chi connectivity index (χ0n) is 19.7. The largest absolute Gasteiger partial charge is 0.460 e. The van der Waals surface area contributed by atoms with Crippen molar-refractivity contribution in [3.05, 3.63) is 0 Å². The lowest BCUT2D eigenvalue weighted by Gasteiger charge is -2.37. The second-order valence-electron chi connectivity index (χ2n) is 7.62. The topological polar surface area (TPSA) is 46.2 Å². The van der Waals surface area contributed by atoms with E-state index in [0.717, 1.165) is 14.2 Å². The van der Waals surface area contributed by atoms with Gasteiger partial charge in [0.1, 0.15) is 0 Å². The third-order valence-electron chi connectivity index (χ3n) is 3.80. The van der Waals surface area contributed by atoms with Crippen LogP contribution in [-0.4, -0.2) is 79.1 Å². The lowest BCUT2D eigenvalue weighted by molar-refractivity contribution is -0.590. The summed E-state index contributed by atoms with van der Waals surface area (Å²) in [5.74, 6) is -16.7. The molecule has 278 valence electrons. The molecule has 0 atom stereocenters. The Labute approximate surface area is 230 Å². The highest BCUT2D eigenvalue weighted by molar-refractivity contribution is 4.97. The smallest absolute Gasteiger partial charge is 0.248 e.